The van der Waals surface area contributed by atoms with Crippen molar-refractivity contribution in [2.75, 3.05) is 0 Å². The molecule has 2 atom stereocenters. The van der Waals surface area contributed by atoms with Crippen LogP contribution in [0.25, 0.3) is 0 Å². The van der Waals surface area contributed by atoms with Crippen molar-refractivity contribution in [3.05, 3.63) is 15.9 Å². The smallest absolute Gasteiger partial charge is 0.233 e. The maximum atomic E-state index is 12.5. The fourth-order valence-corrected chi connectivity index (χ4v) is 4.39. The molecule has 1 aromatic rings. The highest BCUT2D eigenvalue weighted by Crippen LogP contribution is 2.43. The number of fused-ring (bicyclic) bond motifs is 1. The Morgan fingerprint density at radius 3 is 2.29 bits per heavy atom. The van der Waals surface area contributed by atoms with Gasteiger partial charge in [0.2, 0.25) is 11.8 Å². The number of aryl methyl sites for hydroxylation is 2. The molecule has 3 rings (SSSR count). The molecular formula is C15H20BrN3O2. The number of imide groups is 1. The third-order valence-corrected chi connectivity index (χ3v) is 5.69. The number of carbonyl (C=O) groups is 2. The second-order valence-electron chi connectivity index (χ2n) is 6.24. The summed E-state index contributed by atoms with van der Waals surface area (Å²) < 4.78 is 2.68. The number of aromatic nitrogens is 2. The number of likely N-dealkylation sites (tertiary alicyclic amines) is 1. The zero-order chi connectivity index (χ0) is 15.3. The van der Waals surface area contributed by atoms with Gasteiger partial charge in [0.05, 0.1) is 34.2 Å². The van der Waals surface area contributed by atoms with Gasteiger partial charge >= 0.3 is 0 Å². The van der Waals surface area contributed by atoms with Crippen molar-refractivity contribution in [2.45, 2.75) is 39.7 Å². The third kappa shape index (κ3) is 2.24. The molecule has 0 aromatic carbocycles. The van der Waals surface area contributed by atoms with E-state index in [4.69, 9.17) is 0 Å². The van der Waals surface area contributed by atoms with Crippen LogP contribution in [0.5, 0.6) is 0 Å². The van der Waals surface area contributed by atoms with Crippen LogP contribution in [0.3, 0.4) is 0 Å². The monoisotopic (exact) mass is 353 g/mol. The molecule has 1 aliphatic heterocycles. The van der Waals surface area contributed by atoms with Crippen LogP contribution in [-0.2, 0) is 29.6 Å². The lowest BCUT2D eigenvalue weighted by molar-refractivity contribution is -0.141. The SMILES string of the molecule is CCc1nn(C)c(CN2C(=O)C3CC(C)CC3C2=O)c1Br. The van der Waals surface area contributed by atoms with E-state index in [-0.39, 0.29) is 23.7 Å². The number of amides is 2. The lowest BCUT2D eigenvalue weighted by Gasteiger charge is -2.17. The lowest BCUT2D eigenvalue weighted by atomic mass is 10.00. The van der Waals surface area contributed by atoms with E-state index in [2.05, 4.69) is 28.0 Å². The van der Waals surface area contributed by atoms with E-state index in [0.717, 1.165) is 35.1 Å². The first kappa shape index (κ1) is 14.8. The van der Waals surface area contributed by atoms with Crippen LogP contribution in [0.2, 0.25) is 0 Å². The summed E-state index contributed by atoms with van der Waals surface area (Å²) in [7, 11) is 1.85. The number of carbonyl (C=O) groups excluding carboxylic acids is 2. The van der Waals surface area contributed by atoms with E-state index in [1.807, 2.05) is 14.0 Å². The summed E-state index contributed by atoms with van der Waals surface area (Å²) in [6.07, 6.45) is 2.51. The van der Waals surface area contributed by atoms with Gasteiger partial charge in [0, 0.05) is 7.05 Å². The highest BCUT2D eigenvalue weighted by molar-refractivity contribution is 9.10. The Morgan fingerprint density at radius 2 is 1.81 bits per heavy atom. The fraction of sp³-hybridized carbons (Fsp3) is 0.667. The molecule has 5 nitrogen and oxygen atoms in total. The molecular weight excluding hydrogens is 334 g/mol. The van der Waals surface area contributed by atoms with Gasteiger partial charge in [-0.3, -0.25) is 19.2 Å². The molecule has 21 heavy (non-hydrogen) atoms. The molecule has 2 aliphatic rings. The normalized spacial score (nSPS) is 28.6. The van der Waals surface area contributed by atoms with E-state index in [1.54, 1.807) is 4.68 Å². The summed E-state index contributed by atoms with van der Waals surface area (Å²) >= 11 is 3.55. The molecule has 1 aromatic heterocycles. The molecule has 1 aliphatic carbocycles. The number of rotatable bonds is 3. The Labute approximate surface area is 132 Å². The van der Waals surface area contributed by atoms with Crippen molar-refractivity contribution in [3.8, 4) is 0 Å². The summed E-state index contributed by atoms with van der Waals surface area (Å²) in [4.78, 5) is 26.4. The van der Waals surface area contributed by atoms with Crippen LogP contribution in [0.15, 0.2) is 4.47 Å². The topological polar surface area (TPSA) is 55.2 Å². The van der Waals surface area contributed by atoms with Gasteiger partial charge in [0.1, 0.15) is 0 Å². The highest BCUT2D eigenvalue weighted by atomic mass is 79.9. The molecule has 0 spiro atoms. The van der Waals surface area contributed by atoms with Crippen molar-refractivity contribution >= 4 is 27.7 Å². The zero-order valence-electron chi connectivity index (χ0n) is 12.6. The highest BCUT2D eigenvalue weighted by Gasteiger charge is 2.51. The summed E-state index contributed by atoms with van der Waals surface area (Å²) in [6, 6.07) is 0. The summed E-state index contributed by atoms with van der Waals surface area (Å²) in [5, 5.41) is 4.43. The number of halogens is 1. The van der Waals surface area contributed by atoms with Crippen LogP contribution >= 0.6 is 15.9 Å². The molecule has 0 radical (unpaired) electrons. The molecule has 1 saturated heterocycles. The largest absolute Gasteiger partial charge is 0.276 e. The van der Waals surface area contributed by atoms with Crippen molar-refractivity contribution in [2.24, 2.45) is 24.8 Å². The Kier molecular flexibility index (Phi) is 3.67. The van der Waals surface area contributed by atoms with Crippen molar-refractivity contribution in [1.29, 1.82) is 0 Å². The molecule has 114 valence electrons. The van der Waals surface area contributed by atoms with E-state index >= 15 is 0 Å². The number of hydrogen-bond acceptors (Lipinski definition) is 3. The Balaban J connectivity index is 1.85. The first-order valence-electron chi connectivity index (χ1n) is 7.49. The quantitative estimate of drug-likeness (QED) is 0.783. The third-order valence-electron chi connectivity index (χ3n) is 4.78. The summed E-state index contributed by atoms with van der Waals surface area (Å²) in [5.41, 5.74) is 1.85. The molecule has 2 fully saturated rings. The Morgan fingerprint density at radius 1 is 1.24 bits per heavy atom. The molecule has 2 heterocycles. The van der Waals surface area contributed by atoms with Gasteiger partial charge < -0.3 is 0 Å². The minimum absolute atomic E-state index is 0.000462. The number of nitrogens with zero attached hydrogens (tertiary/aromatic N) is 3. The second kappa shape index (κ2) is 5.23. The van der Waals surface area contributed by atoms with Crippen LogP contribution in [0, 0.1) is 17.8 Å². The van der Waals surface area contributed by atoms with Crippen molar-refractivity contribution in [1.82, 2.24) is 14.7 Å². The lowest BCUT2D eigenvalue weighted by Crippen LogP contribution is -2.32. The van der Waals surface area contributed by atoms with Gasteiger partial charge in [-0.1, -0.05) is 13.8 Å². The second-order valence-corrected chi connectivity index (χ2v) is 7.03. The maximum Gasteiger partial charge on any atom is 0.233 e. The minimum Gasteiger partial charge on any atom is -0.276 e. The van der Waals surface area contributed by atoms with Gasteiger partial charge in [-0.05, 0) is 41.1 Å². The summed E-state index contributed by atoms with van der Waals surface area (Å²) in [5.74, 6) is 0.293. The van der Waals surface area contributed by atoms with E-state index < -0.39 is 0 Å². The average Bonchev–Trinajstić information content (AvgIpc) is 3.02. The van der Waals surface area contributed by atoms with Crippen molar-refractivity contribution < 1.29 is 9.59 Å². The van der Waals surface area contributed by atoms with E-state index in [9.17, 15) is 9.59 Å². The standard InChI is InChI=1S/C15H20BrN3O2/c1-4-11-13(16)12(18(3)17-11)7-19-14(20)9-5-8(2)6-10(9)15(19)21/h8-10H,4-7H2,1-3H3. The van der Waals surface area contributed by atoms with Gasteiger partial charge in [-0.25, -0.2) is 0 Å². The van der Waals surface area contributed by atoms with Crippen LogP contribution in [-0.4, -0.2) is 26.5 Å². The predicted octanol–water partition coefficient (Wildman–Crippen LogP) is 2.28. The van der Waals surface area contributed by atoms with Crippen LogP contribution in [0.1, 0.15) is 38.1 Å². The van der Waals surface area contributed by atoms with E-state index in [1.165, 1.54) is 4.90 Å². The van der Waals surface area contributed by atoms with Gasteiger partial charge in [-0.2, -0.15) is 5.10 Å². The first-order valence-corrected chi connectivity index (χ1v) is 8.28. The van der Waals surface area contributed by atoms with E-state index in [0.29, 0.717) is 12.5 Å². The predicted molar refractivity (Wildman–Crippen MR) is 81.2 cm³/mol. The molecule has 2 unspecified atom stereocenters. The van der Waals surface area contributed by atoms with Gasteiger partial charge in [0.15, 0.2) is 0 Å². The fourth-order valence-electron chi connectivity index (χ4n) is 3.64. The zero-order valence-corrected chi connectivity index (χ0v) is 14.2. The number of hydrogen-bond donors (Lipinski definition) is 0. The average molecular weight is 354 g/mol. The van der Waals surface area contributed by atoms with Gasteiger partial charge in [0.25, 0.3) is 0 Å². The minimum atomic E-state index is -0.0925. The van der Waals surface area contributed by atoms with Crippen molar-refractivity contribution in [3.63, 3.8) is 0 Å². The van der Waals surface area contributed by atoms with Crippen LogP contribution < -0.4 is 0 Å². The van der Waals surface area contributed by atoms with Crippen LogP contribution in [0.4, 0.5) is 0 Å². The molecule has 0 N–H and O–H groups in total. The molecule has 0 bridgehead atoms. The Bertz CT molecular complexity index is 586. The van der Waals surface area contributed by atoms with Gasteiger partial charge in [-0.15, -0.1) is 0 Å². The first-order chi connectivity index (χ1) is 9.93. The molecule has 2 amide bonds. The molecule has 6 heteroatoms. The summed E-state index contributed by atoms with van der Waals surface area (Å²) in [6.45, 7) is 4.48. The maximum absolute atomic E-state index is 12.5. The molecule has 1 saturated carbocycles. The Hall–Kier alpha value is -1.17.